The molecule has 0 fully saturated rings. The lowest BCUT2D eigenvalue weighted by atomic mass is 10.1. The summed E-state index contributed by atoms with van der Waals surface area (Å²) >= 11 is 0. The van der Waals surface area contributed by atoms with E-state index < -0.39 is 6.16 Å². The highest BCUT2D eigenvalue weighted by molar-refractivity contribution is 6.04. The van der Waals surface area contributed by atoms with Gasteiger partial charge >= 0.3 is 6.16 Å². The van der Waals surface area contributed by atoms with E-state index >= 15 is 0 Å². The van der Waals surface area contributed by atoms with E-state index in [1.807, 2.05) is 19.1 Å². The topological polar surface area (TPSA) is 103 Å². The Balaban J connectivity index is 1.49. The minimum absolute atomic E-state index is 0.218. The summed E-state index contributed by atoms with van der Waals surface area (Å²) in [6, 6.07) is 20.3. The number of anilines is 1. The zero-order valence-electron chi connectivity index (χ0n) is 19.0. The fourth-order valence-corrected chi connectivity index (χ4v) is 2.98. The van der Waals surface area contributed by atoms with Crippen molar-refractivity contribution in [2.24, 2.45) is 0 Å². The van der Waals surface area contributed by atoms with Crippen LogP contribution in [-0.4, -0.2) is 31.2 Å². The van der Waals surface area contributed by atoms with Crippen molar-refractivity contribution in [1.82, 2.24) is 5.32 Å². The number of hydrogen-bond acceptors (Lipinski definition) is 6. The maximum absolute atomic E-state index is 12.4. The summed E-state index contributed by atoms with van der Waals surface area (Å²) in [7, 11) is 0. The zero-order valence-corrected chi connectivity index (χ0v) is 19.0. The predicted molar refractivity (Wildman–Crippen MR) is 127 cm³/mol. The summed E-state index contributed by atoms with van der Waals surface area (Å²) in [4.78, 5) is 36.1. The lowest BCUT2D eigenvalue weighted by Gasteiger charge is -2.09. The summed E-state index contributed by atoms with van der Waals surface area (Å²) in [5.41, 5.74) is 2.47. The fraction of sp³-hybridized carbons (Fsp3) is 0.192. The Labute approximate surface area is 197 Å². The second kappa shape index (κ2) is 12.1. The quantitative estimate of drug-likeness (QED) is 0.350. The van der Waals surface area contributed by atoms with Crippen LogP contribution in [0.5, 0.6) is 11.5 Å². The van der Waals surface area contributed by atoms with Crippen molar-refractivity contribution in [2.45, 2.75) is 20.4 Å². The number of carbonyl (C=O) groups excluding carboxylic acids is 3. The van der Waals surface area contributed by atoms with Gasteiger partial charge in [-0.15, -0.1) is 0 Å². The maximum Gasteiger partial charge on any atom is 0.513 e. The molecule has 8 heteroatoms. The van der Waals surface area contributed by atoms with Gasteiger partial charge in [0.25, 0.3) is 11.8 Å². The molecule has 176 valence electrons. The van der Waals surface area contributed by atoms with E-state index in [2.05, 4.69) is 10.6 Å². The molecule has 0 atom stereocenters. The van der Waals surface area contributed by atoms with Crippen molar-refractivity contribution in [3.8, 4) is 11.5 Å². The molecule has 0 aromatic heterocycles. The van der Waals surface area contributed by atoms with Gasteiger partial charge in [0.05, 0.1) is 13.2 Å². The lowest BCUT2D eigenvalue weighted by Crippen LogP contribution is -2.22. The molecule has 0 aliphatic heterocycles. The summed E-state index contributed by atoms with van der Waals surface area (Å²) in [5, 5.41) is 5.67. The highest BCUT2D eigenvalue weighted by atomic mass is 16.7. The second-order valence-corrected chi connectivity index (χ2v) is 7.10. The van der Waals surface area contributed by atoms with Gasteiger partial charge in [0.15, 0.2) is 0 Å². The molecule has 3 rings (SSSR count). The van der Waals surface area contributed by atoms with E-state index in [-0.39, 0.29) is 24.2 Å². The van der Waals surface area contributed by atoms with Gasteiger partial charge in [-0.3, -0.25) is 9.59 Å². The molecule has 3 aromatic rings. The molecular weight excluding hydrogens is 436 g/mol. The van der Waals surface area contributed by atoms with Gasteiger partial charge in [0.1, 0.15) is 11.5 Å². The molecule has 0 saturated carbocycles. The van der Waals surface area contributed by atoms with Crippen LogP contribution in [-0.2, 0) is 11.3 Å². The van der Waals surface area contributed by atoms with Crippen molar-refractivity contribution in [3.63, 3.8) is 0 Å². The Morgan fingerprint density at radius 1 is 0.706 bits per heavy atom. The van der Waals surface area contributed by atoms with Crippen molar-refractivity contribution in [2.75, 3.05) is 18.5 Å². The third kappa shape index (κ3) is 7.09. The van der Waals surface area contributed by atoms with Gasteiger partial charge in [0, 0.05) is 23.4 Å². The molecule has 34 heavy (non-hydrogen) atoms. The first-order valence-corrected chi connectivity index (χ1v) is 10.8. The molecular formula is C26H26N2O6. The molecule has 8 nitrogen and oxygen atoms in total. The highest BCUT2D eigenvalue weighted by Crippen LogP contribution is 2.16. The zero-order chi connectivity index (χ0) is 24.3. The largest absolute Gasteiger partial charge is 0.513 e. The average molecular weight is 463 g/mol. The standard InChI is InChI=1S/C26H26N2O6/c1-3-32-22-13-7-20(8-14-22)25(30)28-21-11-5-18(6-12-21)17-27-24(29)19-9-15-23(16-10-19)34-26(31)33-4-2/h5-16H,3-4,17H2,1-2H3,(H,27,29)(H,28,30). The van der Waals surface area contributed by atoms with Crippen molar-refractivity contribution >= 4 is 23.7 Å². The minimum Gasteiger partial charge on any atom is -0.494 e. The molecule has 0 aliphatic carbocycles. The Hall–Kier alpha value is -4.33. The molecule has 3 aromatic carbocycles. The number of benzene rings is 3. The number of rotatable bonds is 9. The van der Waals surface area contributed by atoms with Crippen LogP contribution in [0.25, 0.3) is 0 Å². The van der Waals surface area contributed by atoms with E-state index in [0.717, 1.165) is 5.56 Å². The number of carbonyl (C=O) groups is 3. The van der Waals surface area contributed by atoms with Crippen LogP contribution in [0.2, 0.25) is 0 Å². The third-order valence-electron chi connectivity index (χ3n) is 4.67. The molecule has 0 unspecified atom stereocenters. The van der Waals surface area contributed by atoms with Crippen molar-refractivity contribution in [3.05, 3.63) is 89.5 Å². The predicted octanol–water partition coefficient (Wildman–Crippen LogP) is 4.80. The van der Waals surface area contributed by atoms with Gasteiger partial charge in [0.2, 0.25) is 0 Å². The summed E-state index contributed by atoms with van der Waals surface area (Å²) in [5.74, 6) is 0.513. The van der Waals surface area contributed by atoms with Crippen LogP contribution in [0.4, 0.5) is 10.5 Å². The molecule has 0 heterocycles. The Bertz CT molecular complexity index is 1110. The van der Waals surface area contributed by atoms with E-state index in [1.165, 1.54) is 12.1 Å². The van der Waals surface area contributed by atoms with Gasteiger partial charge < -0.3 is 24.8 Å². The van der Waals surface area contributed by atoms with Crippen LogP contribution < -0.4 is 20.1 Å². The van der Waals surface area contributed by atoms with Gasteiger partial charge in [-0.05, 0) is 80.1 Å². The molecule has 0 radical (unpaired) electrons. The maximum atomic E-state index is 12.4. The number of amides is 2. The first-order valence-electron chi connectivity index (χ1n) is 10.8. The Morgan fingerprint density at radius 3 is 1.88 bits per heavy atom. The number of nitrogens with one attached hydrogen (secondary N) is 2. The first-order chi connectivity index (χ1) is 16.5. The SMILES string of the molecule is CCOC(=O)Oc1ccc(C(=O)NCc2ccc(NC(=O)c3ccc(OCC)cc3)cc2)cc1. The lowest BCUT2D eigenvalue weighted by molar-refractivity contribution is 0.0950. The van der Waals surface area contributed by atoms with Gasteiger partial charge in [-0.1, -0.05) is 12.1 Å². The van der Waals surface area contributed by atoms with Crippen LogP contribution in [0.1, 0.15) is 40.1 Å². The highest BCUT2D eigenvalue weighted by Gasteiger charge is 2.09. The summed E-state index contributed by atoms with van der Waals surface area (Å²) < 4.78 is 15.1. The Morgan fingerprint density at radius 2 is 1.29 bits per heavy atom. The van der Waals surface area contributed by atoms with Crippen LogP contribution in [0.15, 0.2) is 72.8 Å². The summed E-state index contributed by atoms with van der Waals surface area (Å²) in [6.07, 6.45) is -0.793. The van der Waals surface area contributed by atoms with Crippen LogP contribution in [0, 0.1) is 0 Å². The van der Waals surface area contributed by atoms with Gasteiger partial charge in [-0.2, -0.15) is 0 Å². The molecule has 0 bridgehead atoms. The molecule has 0 spiro atoms. The minimum atomic E-state index is -0.793. The van der Waals surface area contributed by atoms with Crippen LogP contribution in [0.3, 0.4) is 0 Å². The van der Waals surface area contributed by atoms with E-state index in [0.29, 0.717) is 35.7 Å². The second-order valence-electron chi connectivity index (χ2n) is 7.10. The van der Waals surface area contributed by atoms with Crippen molar-refractivity contribution in [1.29, 1.82) is 0 Å². The Kier molecular flexibility index (Phi) is 8.62. The number of hydrogen-bond donors (Lipinski definition) is 2. The summed E-state index contributed by atoms with van der Waals surface area (Å²) in [6.45, 7) is 4.68. The smallest absolute Gasteiger partial charge is 0.494 e. The molecule has 2 amide bonds. The van der Waals surface area contributed by atoms with E-state index in [1.54, 1.807) is 55.5 Å². The normalized spacial score (nSPS) is 10.2. The van der Waals surface area contributed by atoms with Gasteiger partial charge in [-0.25, -0.2) is 4.79 Å². The van der Waals surface area contributed by atoms with E-state index in [4.69, 9.17) is 14.2 Å². The monoisotopic (exact) mass is 462 g/mol. The third-order valence-corrected chi connectivity index (χ3v) is 4.67. The molecule has 0 aliphatic rings. The molecule has 2 N–H and O–H groups in total. The fourth-order valence-electron chi connectivity index (χ4n) is 2.98. The number of ether oxygens (including phenoxy) is 3. The van der Waals surface area contributed by atoms with E-state index in [9.17, 15) is 14.4 Å². The van der Waals surface area contributed by atoms with Crippen LogP contribution >= 0.6 is 0 Å². The molecule has 0 saturated heterocycles. The average Bonchev–Trinajstić information content (AvgIpc) is 2.84. The van der Waals surface area contributed by atoms with Crippen molar-refractivity contribution < 1.29 is 28.6 Å². The first kappa shape index (κ1) is 24.3.